The molecule has 0 radical (unpaired) electrons. The number of amides is 1. The highest BCUT2D eigenvalue weighted by atomic mass is 16.6. The van der Waals surface area contributed by atoms with Crippen molar-refractivity contribution < 1.29 is 33.5 Å². The molecular weight excluding hydrogens is 408 g/mol. The largest absolute Gasteiger partial charge is 0.489 e. The lowest BCUT2D eigenvalue weighted by molar-refractivity contribution is -0.385. The van der Waals surface area contributed by atoms with Gasteiger partial charge in [0.1, 0.15) is 11.7 Å². The Morgan fingerprint density at radius 3 is 2.45 bits per heavy atom. The Kier molecular flexibility index (Phi) is 8.47. The monoisotopic (exact) mass is 438 g/mol. The molecule has 0 bridgehead atoms. The average molecular weight is 438 g/mol. The van der Waals surface area contributed by atoms with Crippen molar-refractivity contribution in [3.05, 3.63) is 28.3 Å². The van der Waals surface area contributed by atoms with Crippen LogP contribution in [-0.4, -0.2) is 60.4 Å². The molecule has 10 nitrogen and oxygen atoms in total. The Balaban J connectivity index is 1.96. The van der Waals surface area contributed by atoms with Crippen LogP contribution in [-0.2, 0) is 14.3 Å². The summed E-state index contributed by atoms with van der Waals surface area (Å²) in [5, 5.41) is 11.1. The van der Waals surface area contributed by atoms with Crippen LogP contribution >= 0.6 is 0 Å². The number of hydrogen-bond acceptors (Lipinski definition) is 8. The number of nitrogens with zero attached hydrogens (tertiary/aromatic N) is 2. The van der Waals surface area contributed by atoms with E-state index >= 15 is 0 Å². The van der Waals surface area contributed by atoms with Gasteiger partial charge in [-0.3, -0.25) is 14.9 Å². The first kappa shape index (κ1) is 24.2. The minimum atomic E-state index is -0.552. The van der Waals surface area contributed by atoms with Crippen LogP contribution in [0.3, 0.4) is 0 Å². The van der Waals surface area contributed by atoms with Crippen molar-refractivity contribution in [2.45, 2.75) is 58.2 Å². The van der Waals surface area contributed by atoms with E-state index in [1.54, 1.807) is 4.90 Å². The van der Waals surface area contributed by atoms with Gasteiger partial charge in [0.05, 0.1) is 24.7 Å². The summed E-state index contributed by atoms with van der Waals surface area (Å²) in [4.78, 5) is 35.7. The fraction of sp³-hybridized carbons (Fsp3) is 0.619. The Labute approximate surface area is 181 Å². The van der Waals surface area contributed by atoms with Gasteiger partial charge in [0.15, 0.2) is 11.5 Å². The second kappa shape index (κ2) is 10.8. The Bertz CT molecular complexity index is 782. The van der Waals surface area contributed by atoms with E-state index in [0.29, 0.717) is 38.1 Å². The minimum Gasteiger partial charge on any atom is -0.489 e. The number of ether oxygens (including phenoxy) is 4. The van der Waals surface area contributed by atoms with Gasteiger partial charge in [0.2, 0.25) is 0 Å². The highest BCUT2D eigenvalue weighted by molar-refractivity contribution is 5.69. The molecule has 1 aliphatic rings. The zero-order valence-electron chi connectivity index (χ0n) is 18.4. The van der Waals surface area contributed by atoms with Gasteiger partial charge >= 0.3 is 12.1 Å². The maximum Gasteiger partial charge on any atom is 0.410 e. The van der Waals surface area contributed by atoms with E-state index in [0.717, 1.165) is 0 Å². The number of rotatable bonds is 8. The summed E-state index contributed by atoms with van der Waals surface area (Å²) >= 11 is 0. The first-order valence-corrected chi connectivity index (χ1v) is 10.2. The topological polar surface area (TPSA) is 117 Å². The zero-order chi connectivity index (χ0) is 23.0. The van der Waals surface area contributed by atoms with Gasteiger partial charge in [-0.05, 0) is 33.3 Å². The van der Waals surface area contributed by atoms with Crippen LogP contribution < -0.4 is 9.47 Å². The van der Waals surface area contributed by atoms with Crippen LogP contribution in [0.4, 0.5) is 10.5 Å². The molecule has 1 aliphatic heterocycles. The lowest BCUT2D eigenvalue weighted by atomic mass is 10.1. The molecule has 0 saturated carbocycles. The third-order valence-corrected chi connectivity index (χ3v) is 4.54. The molecule has 0 N–H and O–H groups in total. The second-order valence-electron chi connectivity index (χ2n) is 8.20. The van der Waals surface area contributed by atoms with E-state index in [9.17, 15) is 19.7 Å². The van der Waals surface area contributed by atoms with Gasteiger partial charge in [-0.1, -0.05) is 0 Å². The molecule has 0 aliphatic carbocycles. The molecule has 1 fully saturated rings. The normalized spacial score (nSPS) is 14.6. The Morgan fingerprint density at radius 2 is 1.87 bits per heavy atom. The third kappa shape index (κ3) is 7.95. The van der Waals surface area contributed by atoms with Crippen molar-refractivity contribution in [2.75, 3.05) is 26.8 Å². The van der Waals surface area contributed by atoms with Crippen LogP contribution in [0.2, 0.25) is 0 Å². The van der Waals surface area contributed by atoms with Crippen molar-refractivity contribution in [3.8, 4) is 11.5 Å². The molecule has 172 valence electrons. The van der Waals surface area contributed by atoms with E-state index in [2.05, 4.69) is 4.74 Å². The molecule has 1 saturated heterocycles. The van der Waals surface area contributed by atoms with Crippen LogP contribution in [0, 0.1) is 10.1 Å². The summed E-state index contributed by atoms with van der Waals surface area (Å²) in [6, 6.07) is 4.17. The van der Waals surface area contributed by atoms with Gasteiger partial charge < -0.3 is 23.8 Å². The van der Waals surface area contributed by atoms with Crippen LogP contribution in [0.5, 0.6) is 11.5 Å². The smallest absolute Gasteiger partial charge is 0.410 e. The van der Waals surface area contributed by atoms with E-state index in [1.165, 1.54) is 25.3 Å². The standard InChI is InChI=1S/C21H30N2O8/c1-21(2,3)31-20(25)22-11-9-16(10-12-22)30-17-8-7-15(23(26)27)14-18(17)29-13-5-6-19(24)28-4/h7-8,14,16H,5-6,9-13H2,1-4H3. The summed E-state index contributed by atoms with van der Waals surface area (Å²) in [5.41, 5.74) is -0.668. The van der Waals surface area contributed by atoms with Crippen molar-refractivity contribution in [2.24, 2.45) is 0 Å². The van der Waals surface area contributed by atoms with Crippen LogP contribution in [0.25, 0.3) is 0 Å². The molecule has 2 rings (SSSR count). The summed E-state index contributed by atoms with van der Waals surface area (Å²) < 4.78 is 21.7. The number of likely N-dealkylation sites (tertiary alicyclic amines) is 1. The molecular formula is C21H30N2O8. The molecule has 0 spiro atoms. The lowest BCUT2D eigenvalue weighted by Gasteiger charge is -2.33. The molecule has 0 unspecified atom stereocenters. The second-order valence-corrected chi connectivity index (χ2v) is 8.20. The van der Waals surface area contributed by atoms with Crippen LogP contribution in [0.15, 0.2) is 18.2 Å². The molecule has 1 amide bonds. The number of non-ortho nitro benzene ring substituents is 1. The van der Waals surface area contributed by atoms with Gasteiger partial charge in [0.25, 0.3) is 5.69 Å². The fourth-order valence-corrected chi connectivity index (χ4v) is 2.98. The highest BCUT2D eigenvalue weighted by Gasteiger charge is 2.28. The summed E-state index contributed by atoms with van der Waals surface area (Å²) in [7, 11) is 1.31. The molecule has 31 heavy (non-hydrogen) atoms. The molecule has 1 aromatic rings. The number of piperidine rings is 1. The number of benzene rings is 1. The van der Waals surface area contributed by atoms with Gasteiger partial charge in [-0.15, -0.1) is 0 Å². The van der Waals surface area contributed by atoms with Gasteiger partial charge in [-0.25, -0.2) is 4.79 Å². The predicted octanol–water partition coefficient (Wildman–Crippen LogP) is 3.71. The molecule has 0 aromatic heterocycles. The molecule has 1 aromatic carbocycles. The third-order valence-electron chi connectivity index (χ3n) is 4.54. The number of methoxy groups -OCH3 is 1. The number of carbonyl (C=O) groups is 2. The predicted molar refractivity (Wildman–Crippen MR) is 111 cm³/mol. The van der Waals surface area contributed by atoms with E-state index < -0.39 is 10.5 Å². The first-order chi connectivity index (χ1) is 14.6. The number of carbonyl (C=O) groups excluding carboxylic acids is 2. The first-order valence-electron chi connectivity index (χ1n) is 10.2. The van der Waals surface area contributed by atoms with E-state index in [1.807, 2.05) is 20.8 Å². The van der Waals surface area contributed by atoms with Crippen molar-refractivity contribution in [3.63, 3.8) is 0 Å². The van der Waals surface area contributed by atoms with E-state index in [4.69, 9.17) is 14.2 Å². The van der Waals surface area contributed by atoms with Gasteiger partial charge in [0, 0.05) is 38.4 Å². The maximum atomic E-state index is 12.2. The molecule has 1 heterocycles. The lowest BCUT2D eigenvalue weighted by Crippen LogP contribution is -2.44. The SMILES string of the molecule is COC(=O)CCCOc1cc([N+](=O)[O-])ccc1OC1CCN(C(=O)OC(C)(C)C)CC1. The fourth-order valence-electron chi connectivity index (χ4n) is 2.98. The summed E-state index contributed by atoms with van der Waals surface area (Å²) in [5.74, 6) is 0.281. The number of hydrogen-bond donors (Lipinski definition) is 0. The van der Waals surface area contributed by atoms with E-state index in [-0.39, 0.29) is 42.6 Å². The summed E-state index contributed by atoms with van der Waals surface area (Å²) in [6.07, 6.45) is 1.26. The van der Waals surface area contributed by atoms with Gasteiger partial charge in [-0.2, -0.15) is 0 Å². The quantitative estimate of drug-likeness (QED) is 0.261. The van der Waals surface area contributed by atoms with Crippen LogP contribution in [0.1, 0.15) is 46.5 Å². The highest BCUT2D eigenvalue weighted by Crippen LogP contribution is 2.33. The Morgan fingerprint density at radius 1 is 1.19 bits per heavy atom. The Hall–Kier alpha value is -3.04. The zero-order valence-corrected chi connectivity index (χ0v) is 18.4. The number of nitro benzene ring substituents is 1. The number of esters is 1. The average Bonchev–Trinajstić information content (AvgIpc) is 2.71. The summed E-state index contributed by atoms with van der Waals surface area (Å²) in [6.45, 7) is 6.62. The maximum absolute atomic E-state index is 12.2. The molecule has 10 heteroatoms. The molecule has 0 atom stereocenters. The number of nitro groups is 1. The van der Waals surface area contributed by atoms with Crippen molar-refractivity contribution in [1.82, 2.24) is 4.90 Å². The van der Waals surface area contributed by atoms with Crippen molar-refractivity contribution in [1.29, 1.82) is 0 Å². The van der Waals surface area contributed by atoms with Crippen molar-refractivity contribution >= 4 is 17.7 Å². The minimum absolute atomic E-state index is 0.116.